The summed E-state index contributed by atoms with van der Waals surface area (Å²) >= 11 is 1.15. The summed E-state index contributed by atoms with van der Waals surface area (Å²) in [6, 6.07) is 11.0. The van der Waals surface area contributed by atoms with Gasteiger partial charge >= 0.3 is 5.97 Å². The molecule has 0 unspecified atom stereocenters. The largest absolute Gasteiger partial charge is 0.422 e. The summed E-state index contributed by atoms with van der Waals surface area (Å²) in [5.74, 6) is -0.457. The van der Waals surface area contributed by atoms with E-state index < -0.39 is 15.8 Å². The lowest BCUT2D eigenvalue weighted by Gasteiger charge is -2.01. The van der Waals surface area contributed by atoms with Gasteiger partial charge in [0.05, 0.1) is 9.85 Å². The smallest absolute Gasteiger partial charge is 0.353 e. The fraction of sp³-hybridized carbons (Fsp3) is 0. The number of carbonyl (C=O) groups excluding carboxylic acids is 1. The SMILES string of the molecule is O=C(Oc1ccc([N+](=O)[O-])cc1)c1cc2cc([N+](=O)[O-])ccc2s1. The van der Waals surface area contributed by atoms with Gasteiger partial charge in [0.15, 0.2) is 0 Å². The zero-order valence-electron chi connectivity index (χ0n) is 11.9. The van der Waals surface area contributed by atoms with Crippen molar-refractivity contribution in [3.8, 4) is 5.75 Å². The Bertz CT molecular complexity index is 964. The molecule has 24 heavy (non-hydrogen) atoms. The molecule has 0 radical (unpaired) electrons. The minimum Gasteiger partial charge on any atom is -0.422 e. The third kappa shape index (κ3) is 3.06. The summed E-state index contributed by atoms with van der Waals surface area (Å²) in [5.41, 5.74) is -0.167. The van der Waals surface area contributed by atoms with Crippen LogP contribution >= 0.6 is 11.3 Å². The normalized spacial score (nSPS) is 10.5. The van der Waals surface area contributed by atoms with E-state index in [2.05, 4.69) is 0 Å². The Morgan fingerprint density at radius 3 is 2.17 bits per heavy atom. The van der Waals surface area contributed by atoms with Crippen molar-refractivity contribution >= 4 is 38.8 Å². The van der Waals surface area contributed by atoms with Gasteiger partial charge in [0, 0.05) is 34.4 Å². The van der Waals surface area contributed by atoms with Crippen molar-refractivity contribution in [3.63, 3.8) is 0 Å². The molecule has 0 amide bonds. The molecular formula is C15H8N2O6S. The number of non-ortho nitro benzene ring substituents is 2. The number of ether oxygens (including phenoxy) is 1. The van der Waals surface area contributed by atoms with E-state index in [1.54, 1.807) is 6.07 Å². The molecule has 0 bridgehead atoms. The summed E-state index contributed by atoms with van der Waals surface area (Å²) in [5, 5.41) is 21.9. The number of nitro benzene ring substituents is 2. The van der Waals surface area contributed by atoms with Gasteiger partial charge < -0.3 is 4.74 Å². The van der Waals surface area contributed by atoms with Crippen LogP contribution in [0.4, 0.5) is 11.4 Å². The van der Waals surface area contributed by atoms with Crippen LogP contribution in [0.1, 0.15) is 9.67 Å². The second-order valence-electron chi connectivity index (χ2n) is 4.73. The highest BCUT2D eigenvalue weighted by atomic mass is 32.1. The predicted octanol–water partition coefficient (Wildman–Crippen LogP) is 3.94. The molecule has 0 aliphatic carbocycles. The van der Waals surface area contributed by atoms with E-state index in [1.165, 1.54) is 42.5 Å². The van der Waals surface area contributed by atoms with Crippen molar-refractivity contribution in [1.82, 2.24) is 0 Å². The van der Waals surface area contributed by atoms with Crippen molar-refractivity contribution in [2.24, 2.45) is 0 Å². The van der Waals surface area contributed by atoms with E-state index in [4.69, 9.17) is 4.74 Å². The van der Waals surface area contributed by atoms with Gasteiger partial charge in [-0.15, -0.1) is 11.3 Å². The Kier molecular flexibility index (Phi) is 3.92. The number of thiophene rings is 1. The Hall–Kier alpha value is -3.33. The molecule has 0 saturated carbocycles. The van der Waals surface area contributed by atoms with Crippen molar-refractivity contribution < 1.29 is 19.4 Å². The maximum absolute atomic E-state index is 12.1. The Morgan fingerprint density at radius 1 is 0.917 bits per heavy atom. The standard InChI is InChI=1S/C15H8N2O6S/c18-15(23-12-4-1-10(2-5-12)16(19)20)14-8-9-7-11(17(21)22)3-6-13(9)24-14/h1-8H. The summed E-state index contributed by atoms with van der Waals surface area (Å²) < 4.78 is 5.88. The van der Waals surface area contributed by atoms with E-state index in [0.717, 1.165) is 16.0 Å². The lowest BCUT2D eigenvalue weighted by molar-refractivity contribution is -0.385. The number of rotatable bonds is 4. The van der Waals surface area contributed by atoms with E-state index >= 15 is 0 Å². The fourth-order valence-electron chi connectivity index (χ4n) is 2.04. The lowest BCUT2D eigenvalue weighted by atomic mass is 10.2. The number of fused-ring (bicyclic) bond motifs is 1. The molecule has 0 atom stereocenters. The monoisotopic (exact) mass is 344 g/mol. The molecule has 0 N–H and O–H groups in total. The van der Waals surface area contributed by atoms with Gasteiger partial charge in [-0.05, 0) is 24.3 Å². The number of hydrogen-bond acceptors (Lipinski definition) is 7. The number of nitro groups is 2. The summed E-state index contributed by atoms with van der Waals surface area (Å²) in [7, 11) is 0. The average Bonchev–Trinajstić information content (AvgIpc) is 2.98. The first-order valence-electron chi connectivity index (χ1n) is 6.58. The molecule has 8 nitrogen and oxygen atoms in total. The molecule has 0 aliphatic heterocycles. The first-order valence-corrected chi connectivity index (χ1v) is 7.40. The highest BCUT2D eigenvalue weighted by molar-refractivity contribution is 7.20. The average molecular weight is 344 g/mol. The van der Waals surface area contributed by atoms with Crippen LogP contribution in [0.3, 0.4) is 0 Å². The van der Waals surface area contributed by atoms with Crippen LogP contribution in [0.15, 0.2) is 48.5 Å². The third-order valence-corrected chi connectivity index (χ3v) is 4.27. The zero-order valence-corrected chi connectivity index (χ0v) is 12.7. The molecule has 3 rings (SSSR count). The number of carbonyl (C=O) groups is 1. The molecular weight excluding hydrogens is 336 g/mol. The maximum atomic E-state index is 12.1. The molecule has 2 aromatic carbocycles. The van der Waals surface area contributed by atoms with Crippen LogP contribution < -0.4 is 4.74 Å². The number of hydrogen-bond donors (Lipinski definition) is 0. The van der Waals surface area contributed by atoms with Gasteiger partial charge in [0.25, 0.3) is 11.4 Å². The van der Waals surface area contributed by atoms with Gasteiger partial charge in [-0.2, -0.15) is 0 Å². The Balaban J connectivity index is 1.83. The fourth-order valence-corrected chi connectivity index (χ4v) is 2.96. The quantitative estimate of drug-likeness (QED) is 0.307. The number of benzene rings is 2. The molecule has 9 heteroatoms. The molecule has 120 valence electrons. The van der Waals surface area contributed by atoms with Crippen LogP contribution in [0.25, 0.3) is 10.1 Å². The van der Waals surface area contributed by atoms with Gasteiger partial charge in [-0.25, -0.2) is 4.79 Å². The molecule has 0 fully saturated rings. The highest BCUT2D eigenvalue weighted by Crippen LogP contribution is 2.30. The van der Waals surface area contributed by atoms with Crippen LogP contribution in [0, 0.1) is 20.2 Å². The first-order chi connectivity index (χ1) is 11.4. The van der Waals surface area contributed by atoms with Crippen molar-refractivity contribution in [3.05, 3.63) is 73.6 Å². The zero-order chi connectivity index (χ0) is 17.3. The first kappa shape index (κ1) is 15.6. The van der Waals surface area contributed by atoms with E-state index in [1.807, 2.05) is 0 Å². The Labute approximate surface area is 138 Å². The van der Waals surface area contributed by atoms with Gasteiger partial charge in [-0.3, -0.25) is 20.2 Å². The van der Waals surface area contributed by atoms with Gasteiger partial charge in [0.1, 0.15) is 10.6 Å². The van der Waals surface area contributed by atoms with Crippen molar-refractivity contribution in [2.75, 3.05) is 0 Å². The second kappa shape index (κ2) is 6.05. The molecule has 0 aliphatic rings. The predicted molar refractivity (Wildman–Crippen MR) is 86.5 cm³/mol. The lowest BCUT2D eigenvalue weighted by Crippen LogP contribution is -2.06. The molecule has 3 aromatic rings. The number of esters is 1. The van der Waals surface area contributed by atoms with Crippen LogP contribution in [0.5, 0.6) is 5.75 Å². The number of nitrogens with zero attached hydrogens (tertiary/aromatic N) is 2. The molecule has 0 spiro atoms. The maximum Gasteiger partial charge on any atom is 0.353 e. The van der Waals surface area contributed by atoms with E-state index in [-0.39, 0.29) is 22.0 Å². The molecule has 1 aromatic heterocycles. The van der Waals surface area contributed by atoms with Crippen LogP contribution in [-0.4, -0.2) is 15.8 Å². The van der Waals surface area contributed by atoms with E-state index in [9.17, 15) is 25.0 Å². The second-order valence-corrected chi connectivity index (χ2v) is 5.81. The minimum atomic E-state index is -0.632. The van der Waals surface area contributed by atoms with E-state index in [0.29, 0.717) is 5.39 Å². The van der Waals surface area contributed by atoms with Crippen LogP contribution in [0.2, 0.25) is 0 Å². The summed E-state index contributed by atoms with van der Waals surface area (Å²) in [6.45, 7) is 0. The topological polar surface area (TPSA) is 113 Å². The van der Waals surface area contributed by atoms with Crippen LogP contribution in [-0.2, 0) is 0 Å². The third-order valence-electron chi connectivity index (χ3n) is 3.17. The Morgan fingerprint density at radius 2 is 1.54 bits per heavy atom. The summed E-state index contributed by atoms with van der Waals surface area (Å²) in [6.07, 6.45) is 0. The highest BCUT2D eigenvalue weighted by Gasteiger charge is 2.15. The summed E-state index contributed by atoms with van der Waals surface area (Å²) in [4.78, 5) is 32.7. The van der Waals surface area contributed by atoms with Crippen molar-refractivity contribution in [2.45, 2.75) is 0 Å². The van der Waals surface area contributed by atoms with Crippen molar-refractivity contribution in [1.29, 1.82) is 0 Å². The molecule has 1 heterocycles. The van der Waals surface area contributed by atoms with Gasteiger partial charge in [-0.1, -0.05) is 0 Å². The minimum absolute atomic E-state index is 0.0596. The molecule has 0 saturated heterocycles. The van der Waals surface area contributed by atoms with Gasteiger partial charge in [0.2, 0.25) is 0 Å².